The fourth-order valence-corrected chi connectivity index (χ4v) is 4.72. The largest absolute Gasteiger partial charge is 0.457 e. The predicted molar refractivity (Wildman–Crippen MR) is 109 cm³/mol. The van der Waals surface area contributed by atoms with E-state index in [1.807, 2.05) is 54.6 Å². The maximum Gasteiger partial charge on any atom is 0.220 e. The molecule has 0 saturated carbocycles. The summed E-state index contributed by atoms with van der Waals surface area (Å²) in [6, 6.07) is 17.0. The minimum Gasteiger partial charge on any atom is -0.457 e. The summed E-state index contributed by atoms with van der Waals surface area (Å²) in [5.74, 6) is 1.34. The molecule has 1 aliphatic heterocycles. The Hall–Kier alpha value is -2.38. The number of nitrogens with one attached hydrogen (secondary N) is 1. The highest BCUT2D eigenvalue weighted by atomic mass is 32.2. The average Bonchev–Trinajstić information content (AvgIpc) is 3.23. The van der Waals surface area contributed by atoms with E-state index in [0.717, 1.165) is 24.2 Å². The van der Waals surface area contributed by atoms with Crippen LogP contribution in [-0.2, 0) is 21.4 Å². The zero-order valence-electron chi connectivity index (χ0n) is 15.8. The topological polar surface area (TPSA) is 75.7 Å². The van der Waals surface area contributed by atoms with Gasteiger partial charge in [-0.2, -0.15) is 0 Å². The van der Waals surface area contributed by atoms with Gasteiger partial charge in [0, 0.05) is 26.1 Å². The van der Waals surface area contributed by atoms with Crippen molar-refractivity contribution in [1.82, 2.24) is 9.62 Å². The van der Waals surface area contributed by atoms with E-state index >= 15 is 0 Å². The van der Waals surface area contributed by atoms with E-state index in [1.165, 1.54) is 4.31 Å². The van der Waals surface area contributed by atoms with Crippen molar-refractivity contribution in [3.8, 4) is 11.5 Å². The summed E-state index contributed by atoms with van der Waals surface area (Å²) in [6.45, 7) is 1.59. The normalized spacial score (nSPS) is 14.7. The zero-order valence-corrected chi connectivity index (χ0v) is 16.7. The second-order valence-electron chi connectivity index (χ2n) is 6.86. The Balaban J connectivity index is 1.42. The SMILES string of the molecule is O=C(CCCS(=O)(=O)N1CCCC1)NCc1cccc(Oc2ccccc2)c1. The third kappa shape index (κ3) is 6.07. The molecule has 1 amide bonds. The Kier molecular flexibility index (Phi) is 7.06. The van der Waals surface area contributed by atoms with E-state index < -0.39 is 10.0 Å². The van der Waals surface area contributed by atoms with Gasteiger partial charge in [-0.15, -0.1) is 0 Å². The quantitative estimate of drug-likeness (QED) is 0.698. The van der Waals surface area contributed by atoms with Gasteiger partial charge in [-0.05, 0) is 49.1 Å². The molecule has 2 aromatic carbocycles. The second-order valence-corrected chi connectivity index (χ2v) is 8.95. The molecule has 1 aliphatic rings. The van der Waals surface area contributed by atoms with Crippen molar-refractivity contribution in [3.05, 3.63) is 60.2 Å². The number of nitrogens with zero attached hydrogens (tertiary/aromatic N) is 1. The molecule has 0 radical (unpaired) electrons. The number of rotatable bonds is 9. The summed E-state index contributed by atoms with van der Waals surface area (Å²) in [6.07, 6.45) is 2.38. The van der Waals surface area contributed by atoms with Crippen LogP contribution in [0.25, 0.3) is 0 Å². The van der Waals surface area contributed by atoms with Gasteiger partial charge in [0.2, 0.25) is 15.9 Å². The fraction of sp³-hybridized carbons (Fsp3) is 0.381. The molecule has 1 fully saturated rings. The zero-order chi connectivity index (χ0) is 19.8. The van der Waals surface area contributed by atoms with Crippen LogP contribution in [0.1, 0.15) is 31.2 Å². The fourth-order valence-electron chi connectivity index (χ4n) is 3.14. The number of benzene rings is 2. The van der Waals surface area contributed by atoms with E-state index in [2.05, 4.69) is 5.32 Å². The molecule has 0 aliphatic carbocycles. The van der Waals surface area contributed by atoms with Crippen LogP contribution in [0.4, 0.5) is 0 Å². The first kappa shape index (κ1) is 20.4. The molecule has 2 aromatic rings. The number of sulfonamides is 1. The summed E-state index contributed by atoms with van der Waals surface area (Å²) in [7, 11) is -3.22. The molecule has 1 saturated heterocycles. The van der Waals surface area contributed by atoms with Crippen molar-refractivity contribution in [2.24, 2.45) is 0 Å². The van der Waals surface area contributed by atoms with E-state index in [9.17, 15) is 13.2 Å². The van der Waals surface area contributed by atoms with Crippen molar-refractivity contribution in [1.29, 1.82) is 0 Å². The number of ether oxygens (including phenoxy) is 1. The van der Waals surface area contributed by atoms with E-state index in [4.69, 9.17) is 4.74 Å². The smallest absolute Gasteiger partial charge is 0.220 e. The van der Waals surface area contributed by atoms with Gasteiger partial charge in [-0.25, -0.2) is 12.7 Å². The summed E-state index contributed by atoms with van der Waals surface area (Å²) >= 11 is 0. The Bertz CT molecular complexity index is 878. The lowest BCUT2D eigenvalue weighted by atomic mass is 10.2. The number of amides is 1. The predicted octanol–water partition coefficient (Wildman–Crippen LogP) is 3.30. The minimum atomic E-state index is -3.22. The lowest BCUT2D eigenvalue weighted by Gasteiger charge is -2.15. The van der Waals surface area contributed by atoms with Gasteiger partial charge in [0.1, 0.15) is 11.5 Å². The summed E-state index contributed by atoms with van der Waals surface area (Å²) in [4.78, 5) is 12.0. The van der Waals surface area contributed by atoms with E-state index in [-0.39, 0.29) is 18.1 Å². The van der Waals surface area contributed by atoms with E-state index in [0.29, 0.717) is 31.8 Å². The third-order valence-corrected chi connectivity index (χ3v) is 6.59. The van der Waals surface area contributed by atoms with Crippen LogP contribution in [0.15, 0.2) is 54.6 Å². The number of para-hydroxylation sites is 1. The summed E-state index contributed by atoms with van der Waals surface area (Å²) in [5, 5.41) is 2.84. The first-order valence-corrected chi connectivity index (χ1v) is 11.2. The molecule has 0 atom stereocenters. The van der Waals surface area contributed by atoms with Gasteiger partial charge in [0.15, 0.2) is 0 Å². The molecule has 7 heteroatoms. The van der Waals surface area contributed by atoms with Gasteiger partial charge in [-0.3, -0.25) is 4.79 Å². The molecule has 28 heavy (non-hydrogen) atoms. The molecule has 0 unspecified atom stereocenters. The first-order chi connectivity index (χ1) is 13.5. The summed E-state index contributed by atoms with van der Waals surface area (Å²) in [5.41, 5.74) is 0.923. The van der Waals surface area contributed by atoms with Crippen LogP contribution >= 0.6 is 0 Å². The second kappa shape index (κ2) is 9.71. The van der Waals surface area contributed by atoms with Crippen molar-refractivity contribution < 1.29 is 17.9 Å². The molecule has 0 spiro atoms. The maximum absolute atomic E-state index is 12.2. The maximum atomic E-state index is 12.2. The van der Waals surface area contributed by atoms with Crippen LogP contribution in [0.2, 0.25) is 0 Å². The molecule has 3 rings (SSSR count). The molecule has 6 nitrogen and oxygen atoms in total. The molecule has 150 valence electrons. The highest BCUT2D eigenvalue weighted by Gasteiger charge is 2.24. The van der Waals surface area contributed by atoms with Crippen LogP contribution in [0, 0.1) is 0 Å². The Morgan fingerprint density at radius 3 is 2.46 bits per heavy atom. The van der Waals surface area contributed by atoms with E-state index in [1.54, 1.807) is 0 Å². The number of carbonyl (C=O) groups is 1. The molecular formula is C21H26N2O4S. The van der Waals surface area contributed by atoms with Crippen molar-refractivity contribution >= 4 is 15.9 Å². The molecule has 0 bridgehead atoms. The van der Waals surface area contributed by atoms with Crippen LogP contribution in [-0.4, -0.2) is 37.5 Å². The monoisotopic (exact) mass is 402 g/mol. The lowest BCUT2D eigenvalue weighted by Crippen LogP contribution is -2.31. The minimum absolute atomic E-state index is 0.0286. The van der Waals surface area contributed by atoms with Gasteiger partial charge in [-0.1, -0.05) is 30.3 Å². The number of hydrogen-bond donors (Lipinski definition) is 1. The highest BCUT2D eigenvalue weighted by Crippen LogP contribution is 2.21. The first-order valence-electron chi connectivity index (χ1n) is 9.59. The third-order valence-electron chi connectivity index (χ3n) is 4.63. The molecule has 1 N–H and O–H groups in total. The summed E-state index contributed by atoms with van der Waals surface area (Å²) < 4.78 is 31.6. The standard InChI is InChI=1S/C21H26N2O4S/c24-21(12-7-15-28(25,26)23-13-4-5-14-23)22-17-18-8-6-11-20(16-18)27-19-9-2-1-3-10-19/h1-3,6,8-11,16H,4-5,7,12-15,17H2,(H,22,24). The van der Waals surface area contributed by atoms with Crippen LogP contribution in [0.5, 0.6) is 11.5 Å². The van der Waals surface area contributed by atoms with Crippen LogP contribution in [0.3, 0.4) is 0 Å². The Morgan fingerprint density at radius 2 is 1.71 bits per heavy atom. The Morgan fingerprint density at radius 1 is 1.00 bits per heavy atom. The molecule has 0 aromatic heterocycles. The van der Waals surface area contributed by atoms with Gasteiger partial charge >= 0.3 is 0 Å². The van der Waals surface area contributed by atoms with Gasteiger partial charge in [0.25, 0.3) is 0 Å². The van der Waals surface area contributed by atoms with Crippen molar-refractivity contribution in [3.63, 3.8) is 0 Å². The highest BCUT2D eigenvalue weighted by molar-refractivity contribution is 7.89. The Labute approximate surface area is 166 Å². The average molecular weight is 403 g/mol. The van der Waals surface area contributed by atoms with Gasteiger partial charge in [0.05, 0.1) is 5.75 Å². The number of carbonyl (C=O) groups excluding carboxylic acids is 1. The number of hydrogen-bond acceptors (Lipinski definition) is 4. The van der Waals surface area contributed by atoms with Crippen molar-refractivity contribution in [2.45, 2.75) is 32.2 Å². The molecular weight excluding hydrogens is 376 g/mol. The van der Waals surface area contributed by atoms with Gasteiger partial charge < -0.3 is 10.1 Å². The van der Waals surface area contributed by atoms with Crippen LogP contribution < -0.4 is 10.1 Å². The molecule has 1 heterocycles. The lowest BCUT2D eigenvalue weighted by molar-refractivity contribution is -0.121. The van der Waals surface area contributed by atoms with Crippen molar-refractivity contribution in [2.75, 3.05) is 18.8 Å².